The molecule has 4 saturated heterocycles. The monoisotopic (exact) mass is 432 g/mol. The Bertz CT molecular complexity index is 993. The molecule has 0 unspecified atom stereocenters. The van der Waals surface area contributed by atoms with Gasteiger partial charge in [0.25, 0.3) is 0 Å². The lowest BCUT2D eigenvalue weighted by Gasteiger charge is -2.27. The number of furan rings is 1. The molecule has 0 N–H and O–H groups in total. The lowest BCUT2D eigenvalue weighted by molar-refractivity contribution is -0.166. The molecule has 6 heterocycles. The number of epoxide rings is 3. The summed E-state index contributed by atoms with van der Waals surface area (Å²) >= 11 is 0. The predicted molar refractivity (Wildman–Crippen MR) is 100 cm³/mol. The van der Waals surface area contributed by atoms with E-state index in [9.17, 15) is 14.4 Å². The lowest BCUT2D eigenvalue weighted by atomic mass is 9.80. The van der Waals surface area contributed by atoms with Gasteiger partial charge in [-0.25, -0.2) is 4.79 Å². The number of rotatable bonds is 3. The normalized spacial score (nSPS) is 46.9. The second-order valence-corrected chi connectivity index (χ2v) is 9.77. The van der Waals surface area contributed by atoms with Crippen molar-refractivity contribution in [2.24, 2.45) is 5.92 Å². The minimum atomic E-state index is -1.30. The van der Waals surface area contributed by atoms with E-state index in [1.807, 2.05) is 13.8 Å². The fourth-order valence-corrected chi connectivity index (χ4v) is 5.42. The van der Waals surface area contributed by atoms with Crippen molar-refractivity contribution in [1.29, 1.82) is 0 Å². The maximum atomic E-state index is 12.9. The van der Waals surface area contributed by atoms with E-state index < -0.39 is 47.1 Å². The number of hydrogen-bond acceptors (Lipinski definition) is 9. The van der Waals surface area contributed by atoms with Gasteiger partial charge in [0.15, 0.2) is 6.29 Å². The van der Waals surface area contributed by atoms with Gasteiger partial charge in [0.1, 0.15) is 41.5 Å². The number of carbonyl (C=O) groups is 3. The summed E-state index contributed by atoms with van der Waals surface area (Å²) in [6.07, 6.45) is -0.241. The van der Waals surface area contributed by atoms with Crippen LogP contribution in [0, 0.1) is 5.92 Å². The zero-order chi connectivity index (χ0) is 21.8. The van der Waals surface area contributed by atoms with Crippen molar-refractivity contribution >= 4 is 18.2 Å². The Hall–Kier alpha value is -2.23. The van der Waals surface area contributed by atoms with E-state index in [0.717, 1.165) is 6.29 Å². The van der Waals surface area contributed by atoms with E-state index in [-0.39, 0.29) is 12.0 Å². The predicted octanol–water partition coefficient (Wildman–Crippen LogP) is 1.66. The summed E-state index contributed by atoms with van der Waals surface area (Å²) < 4.78 is 34.9. The van der Waals surface area contributed by atoms with Crippen LogP contribution in [0.3, 0.4) is 0 Å². The highest BCUT2D eigenvalue weighted by atomic mass is 16.7. The van der Waals surface area contributed by atoms with Gasteiger partial charge in [-0.3, -0.25) is 9.59 Å². The first kappa shape index (κ1) is 19.5. The summed E-state index contributed by atoms with van der Waals surface area (Å²) in [5.41, 5.74) is -1.90. The van der Waals surface area contributed by atoms with Crippen LogP contribution in [0.1, 0.15) is 61.6 Å². The first-order chi connectivity index (χ1) is 14.7. The molecule has 1 aromatic rings. The molecule has 5 aliphatic rings. The molecule has 8 atom stereocenters. The summed E-state index contributed by atoms with van der Waals surface area (Å²) in [7, 11) is 0. The summed E-state index contributed by atoms with van der Waals surface area (Å²) in [5.74, 6) is -0.0419. The van der Waals surface area contributed by atoms with E-state index in [1.165, 1.54) is 6.92 Å². The second-order valence-electron chi connectivity index (χ2n) is 9.77. The molecular formula is C22H24O9. The van der Waals surface area contributed by atoms with Gasteiger partial charge in [-0.15, -0.1) is 0 Å². The van der Waals surface area contributed by atoms with Gasteiger partial charge in [0.2, 0.25) is 5.60 Å². The molecule has 9 nitrogen and oxygen atoms in total. The van der Waals surface area contributed by atoms with E-state index >= 15 is 0 Å². The molecule has 4 fully saturated rings. The highest BCUT2D eigenvalue weighted by Gasteiger charge is 2.79. The molecule has 1 aromatic heterocycles. The molecule has 166 valence electrons. The zero-order valence-corrected chi connectivity index (χ0v) is 17.5. The van der Waals surface area contributed by atoms with Crippen LogP contribution >= 0.6 is 0 Å². The fraction of sp³-hybridized carbons (Fsp3) is 0.682. The van der Waals surface area contributed by atoms with Gasteiger partial charge in [-0.05, 0) is 26.3 Å². The molecule has 5 aliphatic heterocycles. The molecule has 0 aliphatic carbocycles. The molecule has 9 heteroatoms. The minimum Gasteiger partial charge on any atom is -0.462 e. The van der Waals surface area contributed by atoms with Gasteiger partial charge in [-0.1, -0.05) is 0 Å². The highest BCUT2D eigenvalue weighted by Crippen LogP contribution is 2.59. The Morgan fingerprint density at radius 1 is 1.26 bits per heavy atom. The van der Waals surface area contributed by atoms with Crippen molar-refractivity contribution in [3.8, 4) is 0 Å². The van der Waals surface area contributed by atoms with Gasteiger partial charge in [-0.2, -0.15) is 0 Å². The number of esters is 2. The molecule has 0 radical (unpaired) electrons. The molecule has 6 rings (SSSR count). The quantitative estimate of drug-likeness (QED) is 0.399. The van der Waals surface area contributed by atoms with Crippen LogP contribution in [-0.4, -0.2) is 59.9 Å². The van der Waals surface area contributed by atoms with Crippen LogP contribution in [0.2, 0.25) is 0 Å². The second kappa shape index (κ2) is 5.96. The average Bonchev–Trinajstić information content (AvgIpc) is 3.64. The first-order valence-electron chi connectivity index (χ1n) is 10.6. The Morgan fingerprint density at radius 3 is 2.68 bits per heavy atom. The van der Waals surface area contributed by atoms with Gasteiger partial charge in [0, 0.05) is 25.7 Å². The van der Waals surface area contributed by atoms with Crippen LogP contribution in [0.4, 0.5) is 0 Å². The standard InChI is InChI=1S/C22H24O9/c1-10(24)27-16-6-12(21(3)9-26-21)5-13-11(8-23)4-14(28-13)17-20(2,30-17)7-15-18-22(16,31-18)19(25)29-15/h4,8,12,15-18H,5-7,9H2,1-3H3/t12-,15-,16+,17+,18-,20+,21+,22-/m0/s1. The smallest absolute Gasteiger partial charge is 0.345 e. The van der Waals surface area contributed by atoms with E-state index in [0.29, 0.717) is 43.0 Å². The molecule has 31 heavy (non-hydrogen) atoms. The third-order valence-electron chi connectivity index (χ3n) is 7.52. The van der Waals surface area contributed by atoms with E-state index in [2.05, 4.69) is 0 Å². The summed E-state index contributed by atoms with van der Waals surface area (Å²) in [6.45, 7) is 5.72. The van der Waals surface area contributed by atoms with Crippen LogP contribution < -0.4 is 0 Å². The average molecular weight is 432 g/mol. The van der Waals surface area contributed by atoms with Crippen molar-refractivity contribution in [2.45, 2.75) is 81.3 Å². The summed E-state index contributed by atoms with van der Waals surface area (Å²) in [6, 6.07) is 1.72. The third kappa shape index (κ3) is 2.76. The van der Waals surface area contributed by atoms with Crippen molar-refractivity contribution in [1.82, 2.24) is 0 Å². The molecule has 0 saturated carbocycles. The van der Waals surface area contributed by atoms with Crippen LogP contribution in [0.15, 0.2) is 10.5 Å². The highest BCUT2D eigenvalue weighted by molar-refractivity contribution is 5.88. The number of hydrogen-bond donors (Lipinski definition) is 0. The van der Waals surface area contributed by atoms with Crippen LogP contribution in [-0.2, 0) is 39.7 Å². The van der Waals surface area contributed by atoms with Gasteiger partial charge >= 0.3 is 11.9 Å². The number of carbonyl (C=O) groups excluding carboxylic acids is 3. The van der Waals surface area contributed by atoms with Gasteiger partial charge < -0.3 is 28.1 Å². The Labute approximate surface area is 178 Å². The number of ether oxygens (including phenoxy) is 5. The molecular weight excluding hydrogens is 408 g/mol. The number of aldehydes is 1. The SMILES string of the molecule is CC(=O)O[C@@H]1C[C@@H]([C@@]2(C)CO2)Cc2oc(cc2C=O)[C@H]2O[C@]2(C)C[C@@H]2OC(=O)[C@]13O[C@@H]23. The third-order valence-corrected chi connectivity index (χ3v) is 7.52. The Kier molecular flexibility index (Phi) is 3.74. The topological polar surface area (TPSA) is 120 Å². The van der Waals surface area contributed by atoms with Crippen molar-refractivity contribution in [2.75, 3.05) is 6.61 Å². The Balaban J connectivity index is 1.43. The molecule has 0 aromatic carbocycles. The largest absolute Gasteiger partial charge is 0.462 e. The first-order valence-corrected chi connectivity index (χ1v) is 10.6. The van der Waals surface area contributed by atoms with Crippen molar-refractivity contribution in [3.05, 3.63) is 23.2 Å². The summed E-state index contributed by atoms with van der Waals surface area (Å²) in [4.78, 5) is 36.6. The molecule has 0 spiro atoms. The van der Waals surface area contributed by atoms with Crippen LogP contribution in [0.5, 0.6) is 0 Å². The molecule has 0 amide bonds. The summed E-state index contributed by atoms with van der Waals surface area (Å²) in [5, 5.41) is 0. The zero-order valence-electron chi connectivity index (χ0n) is 17.5. The maximum absolute atomic E-state index is 12.9. The van der Waals surface area contributed by atoms with Crippen LogP contribution in [0.25, 0.3) is 0 Å². The maximum Gasteiger partial charge on any atom is 0.345 e. The van der Waals surface area contributed by atoms with E-state index in [4.69, 9.17) is 28.1 Å². The molecule has 4 bridgehead atoms. The Morgan fingerprint density at radius 2 is 2.03 bits per heavy atom. The van der Waals surface area contributed by atoms with Crippen molar-refractivity contribution < 1.29 is 42.5 Å². The van der Waals surface area contributed by atoms with E-state index in [1.54, 1.807) is 6.07 Å². The van der Waals surface area contributed by atoms with Crippen molar-refractivity contribution in [3.63, 3.8) is 0 Å². The fourth-order valence-electron chi connectivity index (χ4n) is 5.42. The number of fused-ring (bicyclic) bond motifs is 4. The lowest BCUT2D eigenvalue weighted by Crippen LogP contribution is -2.43. The minimum absolute atomic E-state index is 0.173. The van der Waals surface area contributed by atoms with Gasteiger partial charge in [0.05, 0.1) is 17.8 Å².